The number of hydrogen-bond acceptors (Lipinski definition) is 3. The Morgan fingerprint density at radius 2 is 2.12 bits per heavy atom. The number of carbonyl (C=O) groups is 1. The number of aryl methyl sites for hydroxylation is 1. The number of methoxy groups -OCH3 is 1. The van der Waals surface area contributed by atoms with Gasteiger partial charge in [0.2, 0.25) is 0 Å². The van der Waals surface area contributed by atoms with Gasteiger partial charge in [0, 0.05) is 22.9 Å². The Labute approximate surface area is 107 Å². The maximum Gasteiger partial charge on any atom is 0.195 e. The standard InChI is InChI=1S/C14H20O2S/c1-10-4-6-14(16-3,7-5-10)13(15)12-8-11(2)17-9-12/h8-10H,4-7H2,1-3H3. The molecular weight excluding hydrogens is 232 g/mol. The van der Waals surface area contributed by atoms with E-state index in [2.05, 4.69) is 6.92 Å². The molecule has 0 amide bonds. The molecule has 1 aromatic heterocycles. The van der Waals surface area contributed by atoms with Crippen molar-refractivity contribution in [1.82, 2.24) is 0 Å². The Balaban J connectivity index is 2.21. The fourth-order valence-corrected chi connectivity index (χ4v) is 3.26. The van der Waals surface area contributed by atoms with Crippen LogP contribution in [-0.2, 0) is 4.74 Å². The van der Waals surface area contributed by atoms with Crippen molar-refractivity contribution in [3.63, 3.8) is 0 Å². The molecule has 0 atom stereocenters. The maximum atomic E-state index is 12.6. The molecule has 1 saturated carbocycles. The first-order chi connectivity index (χ1) is 8.07. The van der Waals surface area contributed by atoms with E-state index in [9.17, 15) is 4.79 Å². The van der Waals surface area contributed by atoms with Crippen molar-refractivity contribution >= 4 is 17.1 Å². The van der Waals surface area contributed by atoms with E-state index in [1.807, 2.05) is 18.4 Å². The maximum absolute atomic E-state index is 12.6. The second kappa shape index (κ2) is 4.91. The van der Waals surface area contributed by atoms with Crippen molar-refractivity contribution in [2.24, 2.45) is 5.92 Å². The first-order valence-electron chi connectivity index (χ1n) is 6.22. The molecule has 1 heterocycles. The minimum absolute atomic E-state index is 0.177. The molecule has 3 heteroatoms. The second-order valence-electron chi connectivity index (χ2n) is 5.16. The third kappa shape index (κ3) is 2.45. The highest BCUT2D eigenvalue weighted by Crippen LogP contribution is 2.37. The Hall–Kier alpha value is -0.670. The molecule has 0 N–H and O–H groups in total. The highest BCUT2D eigenvalue weighted by atomic mass is 32.1. The van der Waals surface area contributed by atoms with E-state index in [4.69, 9.17) is 4.74 Å². The van der Waals surface area contributed by atoms with Crippen LogP contribution in [0.2, 0.25) is 0 Å². The summed E-state index contributed by atoms with van der Waals surface area (Å²) < 4.78 is 5.61. The fourth-order valence-electron chi connectivity index (χ4n) is 2.58. The molecule has 1 fully saturated rings. The Kier molecular flexibility index (Phi) is 3.69. The Morgan fingerprint density at radius 1 is 1.47 bits per heavy atom. The summed E-state index contributed by atoms with van der Waals surface area (Å²) in [5.41, 5.74) is 0.268. The average Bonchev–Trinajstić information content (AvgIpc) is 2.76. The van der Waals surface area contributed by atoms with Gasteiger partial charge in [-0.3, -0.25) is 4.79 Å². The van der Waals surface area contributed by atoms with Gasteiger partial charge in [-0.05, 0) is 44.6 Å². The van der Waals surface area contributed by atoms with Gasteiger partial charge < -0.3 is 4.74 Å². The zero-order valence-electron chi connectivity index (χ0n) is 10.8. The lowest BCUT2D eigenvalue weighted by Crippen LogP contribution is -2.43. The lowest BCUT2D eigenvalue weighted by Gasteiger charge is -2.36. The Morgan fingerprint density at radius 3 is 2.59 bits per heavy atom. The third-order valence-electron chi connectivity index (χ3n) is 3.88. The van der Waals surface area contributed by atoms with Gasteiger partial charge in [0.1, 0.15) is 5.60 Å². The number of carbonyl (C=O) groups excluding carboxylic acids is 1. The summed E-state index contributed by atoms with van der Waals surface area (Å²) in [7, 11) is 1.67. The monoisotopic (exact) mass is 252 g/mol. The molecule has 1 aliphatic carbocycles. The normalized spacial score (nSPS) is 29.2. The summed E-state index contributed by atoms with van der Waals surface area (Å²) in [6.07, 6.45) is 3.89. The number of hydrogen-bond donors (Lipinski definition) is 0. The van der Waals surface area contributed by atoms with Gasteiger partial charge in [-0.1, -0.05) is 6.92 Å². The van der Waals surface area contributed by atoms with E-state index in [1.165, 1.54) is 4.88 Å². The van der Waals surface area contributed by atoms with Crippen LogP contribution in [0.4, 0.5) is 0 Å². The molecule has 0 radical (unpaired) electrons. The number of ether oxygens (including phenoxy) is 1. The molecule has 1 aromatic rings. The van der Waals surface area contributed by atoms with Crippen molar-refractivity contribution in [2.45, 2.75) is 45.1 Å². The van der Waals surface area contributed by atoms with E-state index in [0.29, 0.717) is 0 Å². The molecule has 17 heavy (non-hydrogen) atoms. The molecule has 2 nitrogen and oxygen atoms in total. The van der Waals surface area contributed by atoms with E-state index in [0.717, 1.165) is 37.2 Å². The van der Waals surface area contributed by atoms with Crippen LogP contribution in [0.25, 0.3) is 0 Å². The van der Waals surface area contributed by atoms with Gasteiger partial charge in [-0.2, -0.15) is 0 Å². The van der Waals surface area contributed by atoms with Crippen LogP contribution in [0, 0.1) is 12.8 Å². The summed E-state index contributed by atoms with van der Waals surface area (Å²) in [4.78, 5) is 13.7. The number of Topliss-reactive ketones (excluding diaryl/α,β-unsaturated/α-hetero) is 1. The van der Waals surface area contributed by atoms with Gasteiger partial charge in [0.25, 0.3) is 0 Å². The molecule has 2 rings (SSSR count). The lowest BCUT2D eigenvalue weighted by molar-refractivity contribution is -0.0262. The van der Waals surface area contributed by atoms with Crippen LogP contribution in [0.15, 0.2) is 11.4 Å². The van der Waals surface area contributed by atoms with E-state index in [-0.39, 0.29) is 5.78 Å². The molecular formula is C14H20O2S. The zero-order valence-corrected chi connectivity index (χ0v) is 11.6. The minimum atomic E-state index is -0.556. The topological polar surface area (TPSA) is 26.3 Å². The van der Waals surface area contributed by atoms with Crippen LogP contribution in [0.1, 0.15) is 47.8 Å². The molecule has 1 aliphatic rings. The molecule has 94 valence electrons. The smallest absolute Gasteiger partial charge is 0.195 e. The van der Waals surface area contributed by atoms with Crippen LogP contribution in [-0.4, -0.2) is 18.5 Å². The van der Waals surface area contributed by atoms with E-state index < -0.39 is 5.60 Å². The highest BCUT2D eigenvalue weighted by molar-refractivity contribution is 7.10. The van der Waals surface area contributed by atoms with Crippen molar-refractivity contribution in [1.29, 1.82) is 0 Å². The largest absolute Gasteiger partial charge is 0.370 e. The molecule has 0 aliphatic heterocycles. The summed E-state index contributed by atoms with van der Waals surface area (Å²) in [6.45, 7) is 4.28. The number of thiophene rings is 1. The molecule has 0 unspecified atom stereocenters. The summed E-state index contributed by atoms with van der Waals surface area (Å²) >= 11 is 1.63. The third-order valence-corrected chi connectivity index (χ3v) is 4.74. The van der Waals surface area contributed by atoms with Crippen molar-refractivity contribution in [3.8, 4) is 0 Å². The predicted octanol–water partition coefficient (Wildman–Crippen LogP) is 3.83. The lowest BCUT2D eigenvalue weighted by atomic mass is 9.76. The summed E-state index contributed by atoms with van der Waals surface area (Å²) in [6, 6.07) is 1.98. The van der Waals surface area contributed by atoms with Gasteiger partial charge in [0.15, 0.2) is 5.78 Å². The van der Waals surface area contributed by atoms with Gasteiger partial charge in [-0.15, -0.1) is 11.3 Å². The van der Waals surface area contributed by atoms with Crippen LogP contribution in [0.3, 0.4) is 0 Å². The first-order valence-corrected chi connectivity index (χ1v) is 7.10. The minimum Gasteiger partial charge on any atom is -0.370 e. The van der Waals surface area contributed by atoms with E-state index in [1.54, 1.807) is 18.4 Å². The van der Waals surface area contributed by atoms with Crippen LogP contribution >= 0.6 is 11.3 Å². The van der Waals surface area contributed by atoms with E-state index >= 15 is 0 Å². The van der Waals surface area contributed by atoms with Gasteiger partial charge in [0.05, 0.1) is 0 Å². The first kappa shape index (κ1) is 12.8. The number of rotatable bonds is 3. The SMILES string of the molecule is COC1(C(=O)c2csc(C)c2)CCC(C)CC1. The van der Waals surface area contributed by atoms with Gasteiger partial charge >= 0.3 is 0 Å². The summed E-state index contributed by atoms with van der Waals surface area (Å²) in [5, 5.41) is 1.95. The summed E-state index contributed by atoms with van der Waals surface area (Å²) in [5.74, 6) is 0.895. The van der Waals surface area contributed by atoms with Gasteiger partial charge in [-0.25, -0.2) is 0 Å². The second-order valence-corrected chi connectivity index (χ2v) is 6.27. The van der Waals surface area contributed by atoms with Crippen molar-refractivity contribution < 1.29 is 9.53 Å². The zero-order chi connectivity index (χ0) is 12.5. The average molecular weight is 252 g/mol. The van der Waals surface area contributed by atoms with Crippen molar-refractivity contribution in [3.05, 3.63) is 21.9 Å². The molecule has 0 spiro atoms. The highest BCUT2D eigenvalue weighted by Gasteiger charge is 2.41. The van der Waals surface area contributed by atoms with Crippen LogP contribution in [0.5, 0.6) is 0 Å². The molecule has 0 aromatic carbocycles. The Bertz CT molecular complexity index is 400. The quantitative estimate of drug-likeness (QED) is 0.764. The number of ketones is 1. The molecule has 0 saturated heterocycles. The van der Waals surface area contributed by atoms with Crippen molar-refractivity contribution in [2.75, 3.05) is 7.11 Å². The fraction of sp³-hybridized carbons (Fsp3) is 0.643. The van der Waals surface area contributed by atoms with Crippen LogP contribution < -0.4 is 0 Å². The predicted molar refractivity (Wildman–Crippen MR) is 70.8 cm³/mol. The molecule has 0 bridgehead atoms.